The van der Waals surface area contributed by atoms with Crippen LogP contribution in [-0.2, 0) is 4.74 Å². The fourth-order valence-electron chi connectivity index (χ4n) is 2.07. The molecule has 1 atom stereocenters. The smallest absolute Gasteiger partial charge is 0.270 e. The van der Waals surface area contributed by atoms with E-state index in [2.05, 4.69) is 34.4 Å². The van der Waals surface area contributed by atoms with E-state index in [-0.39, 0.29) is 11.9 Å². The Morgan fingerprint density at radius 3 is 2.67 bits per heavy atom. The summed E-state index contributed by atoms with van der Waals surface area (Å²) < 4.78 is 4.95. The van der Waals surface area contributed by atoms with Crippen LogP contribution in [-0.4, -0.2) is 42.2 Å². The van der Waals surface area contributed by atoms with Crippen LogP contribution in [0.15, 0.2) is 36.4 Å². The van der Waals surface area contributed by atoms with Gasteiger partial charge in [-0.05, 0) is 13.3 Å². The quantitative estimate of drug-likeness (QED) is 0.729. The van der Waals surface area contributed by atoms with Gasteiger partial charge in [-0.1, -0.05) is 37.3 Å². The number of amides is 1. The van der Waals surface area contributed by atoms with E-state index in [1.54, 1.807) is 13.2 Å². The monoisotopic (exact) mass is 328 g/mol. The second-order valence-corrected chi connectivity index (χ2v) is 5.53. The molecule has 0 fully saturated rings. The third-order valence-electron chi connectivity index (χ3n) is 3.59. The van der Waals surface area contributed by atoms with Crippen LogP contribution in [0.3, 0.4) is 0 Å². The van der Waals surface area contributed by atoms with Gasteiger partial charge >= 0.3 is 0 Å². The van der Waals surface area contributed by atoms with Gasteiger partial charge in [0.2, 0.25) is 0 Å². The maximum absolute atomic E-state index is 12.3. The molecule has 0 aliphatic rings. The number of ether oxygens (including phenoxy) is 1. The molecule has 0 aliphatic carbocycles. The van der Waals surface area contributed by atoms with Gasteiger partial charge in [0.25, 0.3) is 5.91 Å². The normalized spacial score (nSPS) is 11.8. The predicted molar refractivity (Wildman–Crippen MR) is 95.1 cm³/mol. The summed E-state index contributed by atoms with van der Waals surface area (Å²) in [5.74, 6) is 0.940. The average Bonchev–Trinajstić information content (AvgIpc) is 2.62. The van der Waals surface area contributed by atoms with Crippen LogP contribution in [0.4, 0.5) is 5.82 Å². The number of hydrogen-bond acceptors (Lipinski definition) is 5. The van der Waals surface area contributed by atoms with Gasteiger partial charge in [-0.25, -0.2) is 9.97 Å². The lowest BCUT2D eigenvalue weighted by Gasteiger charge is -2.14. The fraction of sp³-hybridized carbons (Fsp3) is 0.389. The maximum atomic E-state index is 12.3. The molecule has 24 heavy (non-hydrogen) atoms. The Labute approximate surface area is 142 Å². The molecule has 2 aromatic rings. The molecule has 6 nitrogen and oxygen atoms in total. The SMILES string of the molecule is CCC(C)Nc1cc(C(=O)NCCOC)nc(-c2ccccc2)n1. The van der Waals surface area contributed by atoms with Crippen LogP contribution in [0.2, 0.25) is 0 Å². The van der Waals surface area contributed by atoms with Gasteiger partial charge in [-0.3, -0.25) is 4.79 Å². The third kappa shape index (κ3) is 5.03. The average molecular weight is 328 g/mol. The Kier molecular flexibility index (Phi) is 6.69. The van der Waals surface area contributed by atoms with E-state index in [1.807, 2.05) is 30.3 Å². The molecule has 0 saturated carbocycles. The van der Waals surface area contributed by atoms with E-state index in [4.69, 9.17) is 4.74 Å². The van der Waals surface area contributed by atoms with Crippen molar-refractivity contribution >= 4 is 11.7 Å². The second-order valence-electron chi connectivity index (χ2n) is 5.53. The van der Waals surface area contributed by atoms with Crippen molar-refractivity contribution in [1.82, 2.24) is 15.3 Å². The van der Waals surface area contributed by atoms with E-state index >= 15 is 0 Å². The van der Waals surface area contributed by atoms with Crippen molar-refractivity contribution in [3.63, 3.8) is 0 Å². The minimum atomic E-state index is -0.237. The molecule has 6 heteroatoms. The van der Waals surface area contributed by atoms with E-state index in [0.717, 1.165) is 12.0 Å². The molecule has 0 saturated heterocycles. The summed E-state index contributed by atoms with van der Waals surface area (Å²) >= 11 is 0. The summed E-state index contributed by atoms with van der Waals surface area (Å²) in [6.07, 6.45) is 0.958. The molecule has 128 valence electrons. The Hall–Kier alpha value is -2.47. The molecule has 1 heterocycles. The van der Waals surface area contributed by atoms with Crippen molar-refractivity contribution in [1.29, 1.82) is 0 Å². The molecular formula is C18H24N4O2. The van der Waals surface area contributed by atoms with Gasteiger partial charge in [0.15, 0.2) is 5.82 Å². The van der Waals surface area contributed by atoms with Crippen LogP contribution in [0.1, 0.15) is 30.8 Å². The summed E-state index contributed by atoms with van der Waals surface area (Å²) in [6.45, 7) is 5.06. The van der Waals surface area contributed by atoms with Crippen molar-refractivity contribution in [3.8, 4) is 11.4 Å². The van der Waals surface area contributed by atoms with Gasteiger partial charge in [-0.15, -0.1) is 0 Å². The Bertz CT molecular complexity index is 661. The highest BCUT2D eigenvalue weighted by molar-refractivity contribution is 5.93. The molecule has 2 rings (SSSR count). The number of rotatable bonds is 8. The van der Waals surface area contributed by atoms with Crippen molar-refractivity contribution in [2.75, 3.05) is 25.6 Å². The molecule has 1 amide bonds. The number of hydrogen-bond donors (Lipinski definition) is 2. The summed E-state index contributed by atoms with van der Waals surface area (Å²) in [5.41, 5.74) is 1.21. The first-order valence-electron chi connectivity index (χ1n) is 8.12. The largest absolute Gasteiger partial charge is 0.383 e. The summed E-state index contributed by atoms with van der Waals surface area (Å²) in [6, 6.07) is 11.6. The number of methoxy groups -OCH3 is 1. The van der Waals surface area contributed by atoms with Crippen LogP contribution >= 0.6 is 0 Å². The first-order chi connectivity index (χ1) is 11.6. The van der Waals surface area contributed by atoms with Gasteiger partial charge in [0.05, 0.1) is 6.61 Å². The van der Waals surface area contributed by atoms with E-state index in [9.17, 15) is 4.79 Å². The molecule has 1 unspecified atom stereocenters. The van der Waals surface area contributed by atoms with E-state index < -0.39 is 0 Å². The molecule has 0 spiro atoms. The zero-order valence-electron chi connectivity index (χ0n) is 14.4. The molecule has 2 N–H and O–H groups in total. The Morgan fingerprint density at radius 2 is 2.00 bits per heavy atom. The van der Waals surface area contributed by atoms with Crippen molar-refractivity contribution in [2.24, 2.45) is 0 Å². The topological polar surface area (TPSA) is 76.1 Å². The predicted octanol–water partition coefficient (Wildman–Crippen LogP) is 2.73. The van der Waals surface area contributed by atoms with Crippen LogP contribution < -0.4 is 10.6 Å². The highest BCUT2D eigenvalue weighted by Gasteiger charge is 2.13. The zero-order chi connectivity index (χ0) is 17.4. The highest BCUT2D eigenvalue weighted by Crippen LogP contribution is 2.18. The van der Waals surface area contributed by atoms with Crippen molar-refractivity contribution in [3.05, 3.63) is 42.1 Å². The van der Waals surface area contributed by atoms with Crippen molar-refractivity contribution < 1.29 is 9.53 Å². The van der Waals surface area contributed by atoms with Crippen LogP contribution in [0, 0.1) is 0 Å². The van der Waals surface area contributed by atoms with E-state index in [0.29, 0.717) is 30.5 Å². The summed E-state index contributed by atoms with van der Waals surface area (Å²) in [4.78, 5) is 21.3. The lowest BCUT2D eigenvalue weighted by molar-refractivity contribution is 0.0932. The lowest BCUT2D eigenvalue weighted by atomic mass is 10.2. The molecule has 0 aliphatic heterocycles. The standard InChI is InChI=1S/C18H24N4O2/c1-4-13(2)20-16-12-15(18(23)19-10-11-24-3)21-17(22-16)14-8-6-5-7-9-14/h5-9,12-13H,4,10-11H2,1-3H3,(H,19,23)(H,20,21,22). The Balaban J connectivity index is 2.31. The number of anilines is 1. The molecule has 0 radical (unpaired) electrons. The van der Waals surface area contributed by atoms with Gasteiger partial charge < -0.3 is 15.4 Å². The molecule has 1 aromatic carbocycles. The second kappa shape index (κ2) is 8.98. The highest BCUT2D eigenvalue weighted by atomic mass is 16.5. The zero-order valence-corrected chi connectivity index (χ0v) is 14.4. The molecule has 1 aromatic heterocycles. The van der Waals surface area contributed by atoms with E-state index in [1.165, 1.54) is 0 Å². The summed E-state index contributed by atoms with van der Waals surface area (Å²) in [5, 5.41) is 6.10. The van der Waals surface area contributed by atoms with Crippen LogP contribution in [0.5, 0.6) is 0 Å². The summed E-state index contributed by atoms with van der Waals surface area (Å²) in [7, 11) is 1.60. The van der Waals surface area contributed by atoms with Gasteiger partial charge in [-0.2, -0.15) is 0 Å². The lowest BCUT2D eigenvalue weighted by Crippen LogP contribution is -2.28. The molecular weight excluding hydrogens is 304 g/mol. The third-order valence-corrected chi connectivity index (χ3v) is 3.59. The minimum Gasteiger partial charge on any atom is -0.383 e. The number of aromatic nitrogens is 2. The van der Waals surface area contributed by atoms with Gasteiger partial charge in [0, 0.05) is 31.3 Å². The van der Waals surface area contributed by atoms with Crippen molar-refractivity contribution in [2.45, 2.75) is 26.3 Å². The number of benzene rings is 1. The Morgan fingerprint density at radius 1 is 1.25 bits per heavy atom. The number of carbonyl (C=O) groups excluding carboxylic acids is 1. The maximum Gasteiger partial charge on any atom is 0.270 e. The van der Waals surface area contributed by atoms with Gasteiger partial charge in [0.1, 0.15) is 11.5 Å². The molecule has 0 bridgehead atoms. The first-order valence-corrected chi connectivity index (χ1v) is 8.12. The first kappa shape index (κ1) is 17.9. The number of carbonyl (C=O) groups is 1. The number of nitrogens with zero attached hydrogens (tertiary/aromatic N) is 2. The van der Waals surface area contributed by atoms with Crippen LogP contribution in [0.25, 0.3) is 11.4 Å². The minimum absolute atomic E-state index is 0.237. The fourth-order valence-corrected chi connectivity index (χ4v) is 2.07. The number of nitrogens with one attached hydrogen (secondary N) is 2.